The van der Waals surface area contributed by atoms with Crippen molar-refractivity contribution in [2.24, 2.45) is 0 Å². The maximum Gasteiger partial charge on any atom is 0.238 e. The van der Waals surface area contributed by atoms with Crippen LogP contribution in [0.1, 0.15) is 31.7 Å². The number of ether oxygens (including phenoxy) is 1. The van der Waals surface area contributed by atoms with Crippen LogP contribution in [0.15, 0.2) is 48.5 Å². The Labute approximate surface area is 174 Å². The Morgan fingerprint density at radius 2 is 1.48 bits per heavy atom. The highest BCUT2D eigenvalue weighted by Gasteiger charge is 2.09. The Bertz CT molecular complexity index is 840. The van der Waals surface area contributed by atoms with Crippen LogP contribution in [-0.2, 0) is 20.8 Å². The van der Waals surface area contributed by atoms with Gasteiger partial charge in [-0.3, -0.25) is 25.2 Å². The van der Waals surface area contributed by atoms with E-state index in [1.165, 1.54) is 0 Å². The van der Waals surface area contributed by atoms with E-state index in [2.05, 4.69) is 16.2 Å². The molecule has 3 amide bonds. The van der Waals surface area contributed by atoms with Crippen LogP contribution < -0.4 is 20.9 Å². The average molecular weight is 418 g/mol. The minimum atomic E-state index is -0.446. The molecule has 0 unspecified atom stereocenters. The number of carbonyl (C=O) groups excluding carboxylic acids is 3. The molecule has 2 aromatic rings. The fourth-order valence-electron chi connectivity index (χ4n) is 2.47. The van der Waals surface area contributed by atoms with Crippen molar-refractivity contribution < 1.29 is 19.1 Å². The number of hydrogen-bond donors (Lipinski definition) is 3. The second-order valence-electron chi connectivity index (χ2n) is 6.19. The first-order valence-corrected chi connectivity index (χ1v) is 9.69. The van der Waals surface area contributed by atoms with E-state index in [0.29, 0.717) is 23.7 Å². The minimum Gasteiger partial charge on any atom is -0.494 e. The van der Waals surface area contributed by atoms with Gasteiger partial charge in [-0.1, -0.05) is 29.8 Å². The van der Waals surface area contributed by atoms with Gasteiger partial charge >= 0.3 is 0 Å². The standard InChI is InChI=1S/C21H24ClN3O4/c1-2-29-17-10-8-16(9-11-17)23-19(26)13-14-21(28)25-24-20(27)12-7-15-5-3-4-6-18(15)22/h3-6,8-11H,2,7,12-14H2,1H3,(H,23,26)(H,24,27)(H,25,28). The van der Waals surface area contributed by atoms with Crippen LogP contribution in [-0.4, -0.2) is 24.3 Å². The zero-order chi connectivity index (χ0) is 21.1. The lowest BCUT2D eigenvalue weighted by Crippen LogP contribution is -2.41. The Morgan fingerprint density at radius 3 is 2.14 bits per heavy atom. The number of aryl methyl sites for hydroxylation is 1. The van der Waals surface area contributed by atoms with Gasteiger partial charge < -0.3 is 10.1 Å². The third-order valence-electron chi connectivity index (χ3n) is 3.95. The van der Waals surface area contributed by atoms with Crippen LogP contribution in [0.3, 0.4) is 0 Å². The molecule has 0 saturated heterocycles. The van der Waals surface area contributed by atoms with Gasteiger partial charge in [0, 0.05) is 30.0 Å². The van der Waals surface area contributed by atoms with Crippen LogP contribution in [0.5, 0.6) is 5.75 Å². The second kappa shape index (κ2) is 11.7. The number of anilines is 1. The Kier molecular flexibility index (Phi) is 8.98. The lowest BCUT2D eigenvalue weighted by atomic mass is 10.1. The van der Waals surface area contributed by atoms with Crippen molar-refractivity contribution in [2.45, 2.75) is 32.6 Å². The predicted molar refractivity (Wildman–Crippen MR) is 112 cm³/mol. The molecule has 0 bridgehead atoms. The summed E-state index contributed by atoms with van der Waals surface area (Å²) in [6, 6.07) is 14.2. The Balaban J connectivity index is 1.63. The van der Waals surface area contributed by atoms with E-state index in [1.54, 1.807) is 30.3 Å². The van der Waals surface area contributed by atoms with E-state index in [-0.39, 0.29) is 31.1 Å². The topological polar surface area (TPSA) is 96.5 Å². The number of halogens is 1. The van der Waals surface area contributed by atoms with Crippen molar-refractivity contribution in [3.63, 3.8) is 0 Å². The van der Waals surface area contributed by atoms with Crippen LogP contribution in [0.4, 0.5) is 5.69 Å². The van der Waals surface area contributed by atoms with Crippen molar-refractivity contribution in [1.29, 1.82) is 0 Å². The number of nitrogens with one attached hydrogen (secondary N) is 3. The molecule has 0 aromatic heterocycles. The first kappa shape index (κ1) is 22.2. The summed E-state index contributed by atoms with van der Waals surface area (Å²) in [4.78, 5) is 35.6. The number of hydrogen-bond acceptors (Lipinski definition) is 4. The van der Waals surface area contributed by atoms with Gasteiger partial charge in [0.2, 0.25) is 17.7 Å². The molecule has 0 aliphatic carbocycles. The Morgan fingerprint density at radius 1 is 0.862 bits per heavy atom. The molecule has 0 heterocycles. The first-order valence-electron chi connectivity index (χ1n) is 9.31. The SMILES string of the molecule is CCOc1ccc(NC(=O)CCC(=O)NNC(=O)CCc2ccccc2Cl)cc1. The van der Waals surface area contributed by atoms with E-state index in [9.17, 15) is 14.4 Å². The van der Waals surface area contributed by atoms with Gasteiger partial charge in [0.15, 0.2) is 0 Å². The molecule has 2 rings (SSSR count). The summed E-state index contributed by atoms with van der Waals surface area (Å²) >= 11 is 6.04. The third kappa shape index (κ3) is 8.23. The molecule has 2 aromatic carbocycles. The van der Waals surface area contributed by atoms with E-state index >= 15 is 0 Å². The molecule has 8 heteroatoms. The van der Waals surface area contributed by atoms with Crippen molar-refractivity contribution in [2.75, 3.05) is 11.9 Å². The maximum atomic E-state index is 11.9. The van der Waals surface area contributed by atoms with E-state index in [4.69, 9.17) is 16.3 Å². The second-order valence-corrected chi connectivity index (χ2v) is 6.60. The average Bonchev–Trinajstić information content (AvgIpc) is 2.72. The number of hydrazine groups is 1. The normalized spacial score (nSPS) is 10.1. The van der Waals surface area contributed by atoms with Gasteiger partial charge in [-0.15, -0.1) is 0 Å². The summed E-state index contributed by atoms with van der Waals surface area (Å²) in [5.41, 5.74) is 6.12. The molecule has 3 N–H and O–H groups in total. The molecule has 0 saturated carbocycles. The summed E-state index contributed by atoms with van der Waals surface area (Å²) in [7, 11) is 0. The van der Waals surface area contributed by atoms with E-state index < -0.39 is 5.91 Å². The highest BCUT2D eigenvalue weighted by atomic mass is 35.5. The third-order valence-corrected chi connectivity index (χ3v) is 4.32. The van der Waals surface area contributed by atoms with Gasteiger partial charge in [-0.25, -0.2) is 0 Å². The molecule has 154 valence electrons. The molecule has 0 atom stereocenters. The summed E-state index contributed by atoms with van der Waals surface area (Å²) in [6.45, 7) is 2.46. The number of carbonyl (C=O) groups is 3. The van der Waals surface area contributed by atoms with E-state index in [1.807, 2.05) is 25.1 Å². The molecular formula is C21H24ClN3O4. The zero-order valence-corrected chi connectivity index (χ0v) is 16.9. The van der Waals surface area contributed by atoms with Crippen LogP contribution >= 0.6 is 11.6 Å². The molecule has 0 aliphatic heterocycles. The molecule has 0 radical (unpaired) electrons. The zero-order valence-electron chi connectivity index (χ0n) is 16.2. The van der Waals surface area contributed by atoms with Gasteiger partial charge in [0.1, 0.15) is 5.75 Å². The summed E-state index contributed by atoms with van der Waals surface area (Å²) in [5, 5.41) is 3.30. The van der Waals surface area contributed by atoms with Gasteiger partial charge in [-0.05, 0) is 49.2 Å². The number of benzene rings is 2. The van der Waals surface area contributed by atoms with Gasteiger partial charge in [0.05, 0.1) is 6.61 Å². The van der Waals surface area contributed by atoms with Crippen LogP contribution in [0, 0.1) is 0 Å². The quantitative estimate of drug-likeness (QED) is 0.546. The molecular weight excluding hydrogens is 394 g/mol. The van der Waals surface area contributed by atoms with Crippen molar-refractivity contribution >= 4 is 35.0 Å². The molecule has 29 heavy (non-hydrogen) atoms. The highest BCUT2D eigenvalue weighted by Crippen LogP contribution is 2.17. The summed E-state index contributed by atoms with van der Waals surface area (Å²) in [5.74, 6) is -0.362. The van der Waals surface area contributed by atoms with Crippen LogP contribution in [0.25, 0.3) is 0 Å². The lowest BCUT2D eigenvalue weighted by Gasteiger charge is -2.09. The molecule has 0 fully saturated rings. The fraction of sp³-hybridized carbons (Fsp3) is 0.286. The van der Waals surface area contributed by atoms with E-state index in [0.717, 1.165) is 11.3 Å². The predicted octanol–water partition coefficient (Wildman–Crippen LogP) is 3.24. The molecule has 0 aliphatic rings. The lowest BCUT2D eigenvalue weighted by molar-refractivity contribution is -0.129. The fourth-order valence-corrected chi connectivity index (χ4v) is 2.70. The van der Waals surface area contributed by atoms with Crippen molar-refractivity contribution in [3.8, 4) is 5.75 Å². The number of rotatable bonds is 9. The Hall–Kier alpha value is -3.06. The first-order chi connectivity index (χ1) is 14.0. The minimum absolute atomic E-state index is 0.00542. The van der Waals surface area contributed by atoms with Crippen LogP contribution in [0.2, 0.25) is 5.02 Å². The van der Waals surface area contributed by atoms with Gasteiger partial charge in [-0.2, -0.15) is 0 Å². The van der Waals surface area contributed by atoms with Crippen molar-refractivity contribution in [3.05, 3.63) is 59.1 Å². The number of amides is 3. The summed E-state index contributed by atoms with van der Waals surface area (Å²) in [6.07, 6.45) is 0.594. The highest BCUT2D eigenvalue weighted by molar-refractivity contribution is 6.31. The largest absolute Gasteiger partial charge is 0.494 e. The smallest absolute Gasteiger partial charge is 0.238 e. The van der Waals surface area contributed by atoms with Crippen molar-refractivity contribution in [1.82, 2.24) is 10.9 Å². The monoisotopic (exact) mass is 417 g/mol. The molecule has 0 spiro atoms. The van der Waals surface area contributed by atoms with Gasteiger partial charge in [0.25, 0.3) is 0 Å². The maximum absolute atomic E-state index is 11.9. The summed E-state index contributed by atoms with van der Waals surface area (Å²) < 4.78 is 5.33. The molecule has 7 nitrogen and oxygen atoms in total.